The molecular weight excluding hydrogens is 408 g/mol. The number of pyridine rings is 1. The molecule has 1 aliphatic rings. The SMILES string of the molecule is COc1ccc(-c2noc(N3CCC(C(=O)NCc4cc5cccnc5[nH]4)CC3)n2)cc1. The first-order chi connectivity index (χ1) is 15.7. The van der Waals surface area contributed by atoms with Crippen LogP contribution in [0.3, 0.4) is 0 Å². The number of H-pyrrole nitrogens is 1. The lowest BCUT2D eigenvalue weighted by atomic mass is 9.96. The minimum atomic E-state index is -0.0299. The van der Waals surface area contributed by atoms with E-state index in [-0.39, 0.29) is 11.8 Å². The van der Waals surface area contributed by atoms with E-state index in [1.54, 1.807) is 13.3 Å². The predicted molar refractivity (Wildman–Crippen MR) is 119 cm³/mol. The van der Waals surface area contributed by atoms with Gasteiger partial charge in [-0.1, -0.05) is 5.16 Å². The van der Waals surface area contributed by atoms with E-state index < -0.39 is 0 Å². The predicted octanol–water partition coefficient (Wildman–Crippen LogP) is 3.15. The summed E-state index contributed by atoms with van der Waals surface area (Å²) in [6, 6.07) is 13.9. The van der Waals surface area contributed by atoms with Crippen LogP contribution in [0.4, 0.5) is 6.01 Å². The van der Waals surface area contributed by atoms with Crippen molar-refractivity contribution < 1.29 is 14.1 Å². The zero-order valence-corrected chi connectivity index (χ0v) is 17.7. The van der Waals surface area contributed by atoms with E-state index in [1.165, 1.54) is 0 Å². The first-order valence-electron chi connectivity index (χ1n) is 10.6. The van der Waals surface area contributed by atoms with Crippen molar-refractivity contribution in [2.24, 2.45) is 5.92 Å². The minimum absolute atomic E-state index is 0.0299. The Labute approximate surface area is 184 Å². The summed E-state index contributed by atoms with van der Waals surface area (Å²) < 4.78 is 10.6. The van der Waals surface area contributed by atoms with Crippen LogP contribution in [-0.2, 0) is 11.3 Å². The summed E-state index contributed by atoms with van der Waals surface area (Å²) in [7, 11) is 1.63. The van der Waals surface area contributed by atoms with Gasteiger partial charge in [0.15, 0.2) is 0 Å². The van der Waals surface area contributed by atoms with Gasteiger partial charge in [0.1, 0.15) is 11.4 Å². The zero-order valence-electron chi connectivity index (χ0n) is 17.7. The number of aromatic nitrogens is 4. The number of hydrogen-bond donors (Lipinski definition) is 2. The molecule has 0 saturated carbocycles. The van der Waals surface area contributed by atoms with Gasteiger partial charge >= 0.3 is 6.01 Å². The van der Waals surface area contributed by atoms with Crippen LogP contribution in [0.15, 0.2) is 53.2 Å². The molecule has 0 atom stereocenters. The molecule has 0 unspecified atom stereocenters. The second-order valence-corrected chi connectivity index (χ2v) is 7.84. The van der Waals surface area contributed by atoms with Gasteiger partial charge in [0.05, 0.1) is 13.7 Å². The van der Waals surface area contributed by atoms with Gasteiger partial charge in [-0.3, -0.25) is 4.79 Å². The highest BCUT2D eigenvalue weighted by molar-refractivity contribution is 5.79. The van der Waals surface area contributed by atoms with Gasteiger partial charge in [-0.15, -0.1) is 0 Å². The minimum Gasteiger partial charge on any atom is -0.497 e. The Kier molecular flexibility index (Phi) is 5.45. The van der Waals surface area contributed by atoms with E-state index in [4.69, 9.17) is 9.26 Å². The molecule has 1 aliphatic heterocycles. The third kappa shape index (κ3) is 4.14. The van der Waals surface area contributed by atoms with Gasteiger partial charge in [-0.05, 0) is 55.3 Å². The first-order valence-corrected chi connectivity index (χ1v) is 10.6. The number of hydrogen-bond acceptors (Lipinski definition) is 7. The van der Waals surface area contributed by atoms with Crippen molar-refractivity contribution >= 4 is 23.0 Å². The van der Waals surface area contributed by atoms with Crippen molar-refractivity contribution in [1.82, 2.24) is 25.4 Å². The molecule has 4 heterocycles. The van der Waals surface area contributed by atoms with Crippen molar-refractivity contribution in [3.63, 3.8) is 0 Å². The number of rotatable bonds is 6. The Morgan fingerprint density at radius 1 is 1.25 bits per heavy atom. The molecule has 2 N–H and O–H groups in total. The number of carbonyl (C=O) groups excluding carboxylic acids is 1. The van der Waals surface area contributed by atoms with Gasteiger partial charge in [0, 0.05) is 41.8 Å². The van der Waals surface area contributed by atoms with Gasteiger partial charge < -0.3 is 24.5 Å². The summed E-state index contributed by atoms with van der Waals surface area (Å²) in [5, 5.41) is 8.18. The van der Waals surface area contributed by atoms with E-state index in [1.807, 2.05) is 47.4 Å². The van der Waals surface area contributed by atoms with Crippen LogP contribution in [0.25, 0.3) is 22.4 Å². The molecule has 9 nitrogen and oxygen atoms in total. The summed E-state index contributed by atoms with van der Waals surface area (Å²) in [5.41, 5.74) is 2.64. The highest BCUT2D eigenvalue weighted by atomic mass is 16.5. The zero-order chi connectivity index (χ0) is 21.9. The Morgan fingerprint density at radius 2 is 2.06 bits per heavy atom. The van der Waals surface area contributed by atoms with Crippen LogP contribution in [0.1, 0.15) is 18.5 Å². The molecule has 0 spiro atoms. The van der Waals surface area contributed by atoms with Crippen LogP contribution >= 0.6 is 0 Å². The quantitative estimate of drug-likeness (QED) is 0.482. The summed E-state index contributed by atoms with van der Waals surface area (Å²) >= 11 is 0. The van der Waals surface area contributed by atoms with Gasteiger partial charge in [-0.25, -0.2) is 4.98 Å². The number of aromatic amines is 1. The number of nitrogens with zero attached hydrogens (tertiary/aromatic N) is 4. The fourth-order valence-electron chi connectivity index (χ4n) is 3.97. The van der Waals surface area contributed by atoms with Crippen molar-refractivity contribution in [2.45, 2.75) is 19.4 Å². The maximum absolute atomic E-state index is 12.7. The molecule has 9 heteroatoms. The van der Waals surface area contributed by atoms with Crippen LogP contribution in [-0.4, -0.2) is 46.2 Å². The number of ether oxygens (including phenoxy) is 1. The largest absolute Gasteiger partial charge is 0.497 e. The summed E-state index contributed by atoms with van der Waals surface area (Å²) in [4.78, 5) is 26.7. The Bertz CT molecular complexity index is 1170. The van der Waals surface area contributed by atoms with E-state index in [2.05, 4.69) is 25.4 Å². The molecule has 0 aliphatic carbocycles. The molecule has 3 aromatic heterocycles. The summed E-state index contributed by atoms with van der Waals surface area (Å²) in [6.07, 6.45) is 3.22. The molecule has 1 fully saturated rings. The number of piperidine rings is 1. The van der Waals surface area contributed by atoms with Crippen LogP contribution in [0.5, 0.6) is 5.75 Å². The molecule has 1 saturated heterocycles. The van der Waals surface area contributed by atoms with Gasteiger partial charge in [-0.2, -0.15) is 4.98 Å². The number of methoxy groups -OCH3 is 1. The van der Waals surface area contributed by atoms with E-state index in [9.17, 15) is 4.79 Å². The van der Waals surface area contributed by atoms with Crippen molar-refractivity contribution in [3.05, 3.63) is 54.4 Å². The van der Waals surface area contributed by atoms with Gasteiger partial charge in [0.2, 0.25) is 11.7 Å². The van der Waals surface area contributed by atoms with Crippen molar-refractivity contribution in [2.75, 3.05) is 25.1 Å². The van der Waals surface area contributed by atoms with E-state index >= 15 is 0 Å². The molecule has 4 aromatic rings. The number of anilines is 1. The Balaban J connectivity index is 1.14. The number of nitrogens with one attached hydrogen (secondary N) is 2. The average molecular weight is 432 g/mol. The van der Waals surface area contributed by atoms with Crippen LogP contribution in [0.2, 0.25) is 0 Å². The average Bonchev–Trinajstić information content (AvgIpc) is 3.50. The molecule has 32 heavy (non-hydrogen) atoms. The van der Waals surface area contributed by atoms with Gasteiger partial charge in [0.25, 0.3) is 0 Å². The topological polar surface area (TPSA) is 109 Å². The third-order valence-electron chi connectivity index (χ3n) is 5.80. The highest BCUT2D eigenvalue weighted by Gasteiger charge is 2.27. The van der Waals surface area contributed by atoms with E-state index in [0.717, 1.165) is 40.9 Å². The molecule has 1 aromatic carbocycles. The number of benzene rings is 1. The molecule has 5 rings (SSSR count). The third-order valence-corrected chi connectivity index (χ3v) is 5.80. The molecular formula is C23H24N6O3. The standard InChI is InChI=1S/C23H24N6O3/c1-31-19-6-4-15(5-7-19)21-27-23(32-28-21)29-11-8-16(9-12-29)22(30)25-14-18-13-17-3-2-10-24-20(17)26-18/h2-7,10,13,16H,8-9,11-12,14H2,1H3,(H,24,26)(H,25,30). The molecule has 0 bridgehead atoms. The number of amides is 1. The lowest BCUT2D eigenvalue weighted by Crippen LogP contribution is -2.40. The fraction of sp³-hybridized carbons (Fsp3) is 0.304. The van der Waals surface area contributed by atoms with E-state index in [0.29, 0.717) is 31.5 Å². The van der Waals surface area contributed by atoms with Crippen molar-refractivity contribution in [1.29, 1.82) is 0 Å². The lowest BCUT2D eigenvalue weighted by molar-refractivity contribution is -0.125. The second-order valence-electron chi connectivity index (χ2n) is 7.84. The van der Waals surface area contributed by atoms with Crippen LogP contribution in [0, 0.1) is 5.92 Å². The van der Waals surface area contributed by atoms with Crippen molar-refractivity contribution in [3.8, 4) is 17.1 Å². The maximum Gasteiger partial charge on any atom is 0.324 e. The smallest absolute Gasteiger partial charge is 0.324 e. The normalized spacial score (nSPS) is 14.6. The fourth-order valence-corrected chi connectivity index (χ4v) is 3.97. The highest BCUT2D eigenvalue weighted by Crippen LogP contribution is 2.26. The monoisotopic (exact) mass is 432 g/mol. The molecule has 1 amide bonds. The van der Waals surface area contributed by atoms with Crippen LogP contribution < -0.4 is 15.0 Å². The molecule has 164 valence electrons. The Morgan fingerprint density at radius 3 is 2.81 bits per heavy atom. The second kappa shape index (κ2) is 8.70. The summed E-state index contributed by atoms with van der Waals surface area (Å²) in [6.45, 7) is 1.85. The molecule has 0 radical (unpaired) electrons. The summed E-state index contributed by atoms with van der Waals surface area (Å²) in [5.74, 6) is 1.35. The first kappa shape index (κ1) is 20.0. The lowest BCUT2D eigenvalue weighted by Gasteiger charge is -2.29. The Hall–Kier alpha value is -3.88. The number of carbonyl (C=O) groups is 1. The maximum atomic E-state index is 12.7. The number of fused-ring (bicyclic) bond motifs is 1.